The van der Waals surface area contributed by atoms with E-state index in [-0.39, 0.29) is 0 Å². The molecule has 1 N–H and O–H groups in total. The molecule has 2 aromatic heterocycles. The minimum absolute atomic E-state index is 0.292. The van der Waals surface area contributed by atoms with Crippen LogP contribution in [0.25, 0.3) is 11.0 Å². The average molecular weight is 313 g/mol. The summed E-state index contributed by atoms with van der Waals surface area (Å²) in [5.74, 6) is 0.697. The molecule has 2 aromatic rings. The van der Waals surface area contributed by atoms with E-state index in [1.165, 1.54) is 0 Å². The predicted molar refractivity (Wildman–Crippen MR) is 88.1 cm³/mol. The Morgan fingerprint density at radius 3 is 2.96 bits per heavy atom. The number of aromatic nitrogens is 3. The zero-order valence-corrected chi connectivity index (χ0v) is 13.4. The van der Waals surface area contributed by atoms with E-state index in [9.17, 15) is 4.79 Å². The van der Waals surface area contributed by atoms with Crippen LogP contribution in [-0.4, -0.2) is 63.6 Å². The average Bonchev–Trinajstić information content (AvgIpc) is 3.26. The number of hydrogen-bond donors (Lipinski definition) is 1. The van der Waals surface area contributed by atoms with Crippen molar-refractivity contribution in [1.82, 2.24) is 25.0 Å². The van der Waals surface area contributed by atoms with E-state index < -0.39 is 0 Å². The summed E-state index contributed by atoms with van der Waals surface area (Å²) >= 11 is 0. The van der Waals surface area contributed by atoms with Gasteiger partial charge in [-0.3, -0.25) is 14.8 Å². The van der Waals surface area contributed by atoms with Crippen molar-refractivity contribution in [2.45, 2.75) is 31.6 Å². The van der Waals surface area contributed by atoms with E-state index in [1.54, 1.807) is 6.20 Å². The number of carbonyl (C=O) groups excluding carboxylic acids is 1. The SMILES string of the molecule is O=C(CN1CCCC(c2ccc3cn[nH]c3n2)C1)N1CCCC1. The van der Waals surface area contributed by atoms with Gasteiger partial charge >= 0.3 is 0 Å². The second-order valence-electron chi connectivity index (χ2n) is 6.71. The number of fused-ring (bicyclic) bond motifs is 1. The van der Waals surface area contributed by atoms with Gasteiger partial charge in [0, 0.05) is 36.6 Å². The van der Waals surface area contributed by atoms with Crippen molar-refractivity contribution in [3.63, 3.8) is 0 Å². The topological polar surface area (TPSA) is 65.1 Å². The van der Waals surface area contributed by atoms with E-state index in [0.29, 0.717) is 18.4 Å². The molecule has 0 aliphatic carbocycles. The fourth-order valence-corrected chi connectivity index (χ4v) is 3.77. The second kappa shape index (κ2) is 6.28. The molecule has 6 nitrogen and oxygen atoms in total. The van der Waals surface area contributed by atoms with Crippen LogP contribution in [0.15, 0.2) is 18.3 Å². The molecule has 2 aliphatic rings. The zero-order valence-electron chi connectivity index (χ0n) is 13.4. The van der Waals surface area contributed by atoms with Crippen molar-refractivity contribution in [1.29, 1.82) is 0 Å². The van der Waals surface area contributed by atoms with Gasteiger partial charge in [-0.15, -0.1) is 0 Å². The molecular formula is C17H23N5O. The lowest BCUT2D eigenvalue weighted by Crippen LogP contribution is -2.43. The first-order chi connectivity index (χ1) is 11.3. The molecule has 2 saturated heterocycles. The molecule has 122 valence electrons. The van der Waals surface area contributed by atoms with Crippen molar-refractivity contribution < 1.29 is 4.79 Å². The number of hydrogen-bond acceptors (Lipinski definition) is 4. The molecule has 0 saturated carbocycles. The lowest BCUT2D eigenvalue weighted by molar-refractivity contribution is -0.131. The van der Waals surface area contributed by atoms with E-state index >= 15 is 0 Å². The summed E-state index contributed by atoms with van der Waals surface area (Å²) in [4.78, 5) is 21.4. The van der Waals surface area contributed by atoms with Crippen LogP contribution >= 0.6 is 0 Å². The summed E-state index contributed by atoms with van der Waals surface area (Å²) in [6, 6.07) is 4.18. The highest BCUT2D eigenvalue weighted by atomic mass is 16.2. The molecule has 6 heteroatoms. The first-order valence-corrected chi connectivity index (χ1v) is 8.60. The third-order valence-corrected chi connectivity index (χ3v) is 5.06. The second-order valence-corrected chi connectivity index (χ2v) is 6.71. The molecule has 0 bridgehead atoms. The maximum Gasteiger partial charge on any atom is 0.236 e. The number of likely N-dealkylation sites (tertiary alicyclic amines) is 2. The third-order valence-electron chi connectivity index (χ3n) is 5.06. The van der Waals surface area contributed by atoms with Gasteiger partial charge in [-0.2, -0.15) is 5.10 Å². The molecule has 4 rings (SSSR count). The Kier molecular flexibility index (Phi) is 3.99. The summed E-state index contributed by atoms with van der Waals surface area (Å²) in [6.45, 7) is 4.37. The number of carbonyl (C=O) groups is 1. The smallest absolute Gasteiger partial charge is 0.236 e. The van der Waals surface area contributed by atoms with Crippen molar-refractivity contribution in [3.8, 4) is 0 Å². The molecule has 2 aliphatic heterocycles. The largest absolute Gasteiger partial charge is 0.342 e. The molecule has 0 aromatic carbocycles. The molecule has 1 atom stereocenters. The molecule has 1 unspecified atom stereocenters. The number of nitrogens with one attached hydrogen (secondary N) is 1. The Balaban J connectivity index is 1.42. The Morgan fingerprint density at radius 1 is 1.22 bits per heavy atom. The van der Waals surface area contributed by atoms with Crippen molar-refractivity contribution >= 4 is 16.9 Å². The van der Waals surface area contributed by atoms with Crippen LogP contribution in [0.3, 0.4) is 0 Å². The summed E-state index contributed by atoms with van der Waals surface area (Å²) in [5, 5.41) is 8.03. The van der Waals surface area contributed by atoms with Gasteiger partial charge < -0.3 is 4.90 Å². The lowest BCUT2D eigenvalue weighted by Gasteiger charge is -2.33. The summed E-state index contributed by atoms with van der Waals surface area (Å²) in [7, 11) is 0. The van der Waals surface area contributed by atoms with Gasteiger partial charge in [0.15, 0.2) is 5.65 Å². The number of aromatic amines is 1. The summed E-state index contributed by atoms with van der Waals surface area (Å²) in [6.07, 6.45) is 6.38. The van der Waals surface area contributed by atoms with Crippen LogP contribution in [0.4, 0.5) is 0 Å². The first-order valence-electron chi connectivity index (χ1n) is 8.60. The number of rotatable bonds is 3. The van der Waals surface area contributed by atoms with Crippen LogP contribution in [0.2, 0.25) is 0 Å². The Hall–Kier alpha value is -1.95. The molecule has 0 spiro atoms. The molecule has 2 fully saturated rings. The van der Waals surface area contributed by atoms with Gasteiger partial charge in [0.05, 0.1) is 12.7 Å². The highest BCUT2D eigenvalue weighted by Crippen LogP contribution is 2.26. The van der Waals surface area contributed by atoms with Crippen molar-refractivity contribution in [2.75, 3.05) is 32.7 Å². The number of pyridine rings is 1. The third kappa shape index (κ3) is 3.08. The van der Waals surface area contributed by atoms with Crippen LogP contribution in [-0.2, 0) is 4.79 Å². The Morgan fingerprint density at radius 2 is 2.09 bits per heavy atom. The van der Waals surface area contributed by atoms with Gasteiger partial charge in [-0.05, 0) is 44.4 Å². The molecule has 4 heterocycles. The highest BCUT2D eigenvalue weighted by Gasteiger charge is 2.26. The van der Waals surface area contributed by atoms with Crippen LogP contribution in [0, 0.1) is 0 Å². The van der Waals surface area contributed by atoms with Crippen LogP contribution in [0.1, 0.15) is 37.3 Å². The monoisotopic (exact) mass is 313 g/mol. The van der Waals surface area contributed by atoms with Gasteiger partial charge in [-0.25, -0.2) is 4.98 Å². The Labute approximate surface area is 135 Å². The Bertz CT molecular complexity index is 691. The van der Waals surface area contributed by atoms with E-state index in [4.69, 9.17) is 4.98 Å². The molecule has 1 amide bonds. The van der Waals surface area contributed by atoms with Crippen molar-refractivity contribution in [2.24, 2.45) is 0 Å². The number of H-pyrrole nitrogens is 1. The maximum atomic E-state index is 12.4. The van der Waals surface area contributed by atoms with E-state index in [2.05, 4.69) is 27.2 Å². The fourth-order valence-electron chi connectivity index (χ4n) is 3.77. The predicted octanol–water partition coefficient (Wildman–Crippen LogP) is 1.76. The normalized spacial score (nSPS) is 22.8. The molecule has 23 heavy (non-hydrogen) atoms. The van der Waals surface area contributed by atoms with Crippen molar-refractivity contribution in [3.05, 3.63) is 24.0 Å². The van der Waals surface area contributed by atoms with E-state index in [1.807, 2.05) is 4.90 Å². The zero-order chi connectivity index (χ0) is 15.6. The quantitative estimate of drug-likeness (QED) is 0.938. The van der Waals surface area contributed by atoms with Gasteiger partial charge in [-0.1, -0.05) is 0 Å². The highest BCUT2D eigenvalue weighted by molar-refractivity contribution is 5.78. The van der Waals surface area contributed by atoms with Gasteiger partial charge in [0.2, 0.25) is 5.91 Å². The minimum Gasteiger partial charge on any atom is -0.342 e. The summed E-state index contributed by atoms with van der Waals surface area (Å²) in [5.41, 5.74) is 1.97. The summed E-state index contributed by atoms with van der Waals surface area (Å²) < 4.78 is 0. The maximum absolute atomic E-state index is 12.4. The standard InChI is InChI=1S/C17H23N5O/c23-16(22-8-1-2-9-22)12-21-7-3-4-14(11-21)15-6-5-13-10-18-20-17(13)19-15/h5-6,10,14H,1-4,7-9,11-12H2,(H,18,19,20). The minimum atomic E-state index is 0.292. The van der Waals surface area contributed by atoms with Crippen LogP contribution in [0.5, 0.6) is 0 Å². The van der Waals surface area contributed by atoms with Gasteiger partial charge in [0.1, 0.15) is 0 Å². The lowest BCUT2D eigenvalue weighted by atomic mass is 9.94. The molecular weight excluding hydrogens is 290 g/mol. The fraction of sp³-hybridized carbons (Fsp3) is 0.588. The number of amides is 1. The van der Waals surface area contributed by atoms with Gasteiger partial charge in [0.25, 0.3) is 0 Å². The number of nitrogens with zero attached hydrogens (tertiary/aromatic N) is 4. The van der Waals surface area contributed by atoms with E-state index in [0.717, 1.165) is 68.6 Å². The number of piperidine rings is 1. The molecule has 0 radical (unpaired) electrons. The van der Waals surface area contributed by atoms with Crippen LogP contribution < -0.4 is 0 Å². The first kappa shape index (κ1) is 14.6.